The Morgan fingerprint density at radius 1 is 0.950 bits per heavy atom. The first-order valence-electron chi connectivity index (χ1n) is 6.52. The highest BCUT2D eigenvalue weighted by atomic mass is 15.1. The molecule has 3 heteroatoms. The van der Waals surface area contributed by atoms with Gasteiger partial charge < -0.3 is 4.57 Å². The highest BCUT2D eigenvalue weighted by Gasteiger charge is 2.15. The molecule has 98 valence electrons. The molecule has 3 rings (SSSR count). The lowest BCUT2D eigenvalue weighted by Gasteiger charge is -2.17. The summed E-state index contributed by atoms with van der Waals surface area (Å²) in [5.74, 6) is 0.847. The Kier molecular flexibility index (Phi) is 3.42. The number of allylic oxidation sites excluding steroid dienone is 1. The molecule has 2 heterocycles. The van der Waals surface area contributed by atoms with E-state index >= 15 is 0 Å². The third-order valence-corrected chi connectivity index (χ3v) is 3.23. The van der Waals surface area contributed by atoms with Crippen LogP contribution in [0.2, 0.25) is 0 Å². The average Bonchev–Trinajstić information content (AvgIpc) is 2.99. The van der Waals surface area contributed by atoms with Gasteiger partial charge in [0, 0.05) is 18.6 Å². The zero-order chi connectivity index (χ0) is 13.8. The Morgan fingerprint density at radius 2 is 1.75 bits per heavy atom. The molecule has 0 saturated heterocycles. The van der Waals surface area contributed by atoms with E-state index in [2.05, 4.69) is 33.2 Å². The molecule has 1 aromatic carbocycles. The monoisotopic (exact) mass is 261 g/mol. The van der Waals surface area contributed by atoms with Gasteiger partial charge in [-0.15, -0.1) is 6.58 Å². The van der Waals surface area contributed by atoms with Gasteiger partial charge in [0.25, 0.3) is 0 Å². The Morgan fingerprint density at radius 3 is 2.45 bits per heavy atom. The van der Waals surface area contributed by atoms with Crippen molar-refractivity contribution >= 4 is 0 Å². The molecule has 0 radical (unpaired) electrons. The summed E-state index contributed by atoms with van der Waals surface area (Å²) < 4.78 is 2.09. The van der Waals surface area contributed by atoms with Crippen LogP contribution in [-0.4, -0.2) is 14.5 Å². The third kappa shape index (κ3) is 2.26. The highest BCUT2D eigenvalue weighted by molar-refractivity contribution is 5.50. The summed E-state index contributed by atoms with van der Waals surface area (Å²) in [5, 5.41) is 0. The van der Waals surface area contributed by atoms with E-state index in [1.807, 2.05) is 48.7 Å². The van der Waals surface area contributed by atoms with Gasteiger partial charge in [-0.05, 0) is 17.7 Å². The number of hydrogen-bond acceptors (Lipinski definition) is 2. The van der Waals surface area contributed by atoms with E-state index in [4.69, 9.17) is 0 Å². The van der Waals surface area contributed by atoms with E-state index in [9.17, 15) is 0 Å². The van der Waals surface area contributed by atoms with Crippen LogP contribution < -0.4 is 0 Å². The summed E-state index contributed by atoms with van der Waals surface area (Å²) in [4.78, 5) is 8.81. The number of hydrogen-bond donors (Lipinski definition) is 0. The van der Waals surface area contributed by atoms with Gasteiger partial charge in [0.05, 0.1) is 6.04 Å². The van der Waals surface area contributed by atoms with Crippen molar-refractivity contribution in [2.75, 3.05) is 0 Å². The maximum Gasteiger partial charge on any atom is 0.159 e. The first kappa shape index (κ1) is 12.4. The van der Waals surface area contributed by atoms with Gasteiger partial charge in [-0.25, -0.2) is 4.98 Å². The fraction of sp³-hybridized carbons (Fsp3) is 0.0588. The van der Waals surface area contributed by atoms with E-state index in [1.54, 1.807) is 12.4 Å². The minimum absolute atomic E-state index is 0.0516. The zero-order valence-corrected chi connectivity index (χ0v) is 11.1. The molecule has 0 amide bonds. The number of aromatic nitrogens is 3. The number of nitrogens with zero attached hydrogens (tertiary/aromatic N) is 3. The number of benzene rings is 1. The van der Waals surface area contributed by atoms with Crippen LogP contribution in [0.25, 0.3) is 11.5 Å². The van der Waals surface area contributed by atoms with E-state index < -0.39 is 0 Å². The first-order valence-corrected chi connectivity index (χ1v) is 6.52. The largest absolute Gasteiger partial charge is 0.319 e. The highest BCUT2D eigenvalue weighted by Crippen LogP contribution is 2.25. The average molecular weight is 261 g/mol. The van der Waals surface area contributed by atoms with Gasteiger partial charge in [0.2, 0.25) is 0 Å². The standard InChI is InChI=1S/C17H15N3/c1-2-16(14-8-4-3-5-9-14)20-13-12-19-17(20)15-10-6-7-11-18-15/h2-13,16H,1H2. The molecule has 0 fully saturated rings. The summed E-state index contributed by atoms with van der Waals surface area (Å²) >= 11 is 0. The summed E-state index contributed by atoms with van der Waals surface area (Å²) in [6.45, 7) is 3.96. The molecule has 0 aliphatic rings. The fourth-order valence-electron chi connectivity index (χ4n) is 2.29. The number of rotatable bonds is 4. The Bertz CT molecular complexity index is 687. The minimum Gasteiger partial charge on any atom is -0.319 e. The Balaban J connectivity index is 2.07. The fourth-order valence-corrected chi connectivity index (χ4v) is 2.29. The quantitative estimate of drug-likeness (QED) is 0.670. The lowest BCUT2D eigenvalue weighted by atomic mass is 10.1. The zero-order valence-electron chi connectivity index (χ0n) is 11.1. The van der Waals surface area contributed by atoms with Crippen LogP contribution in [0.4, 0.5) is 0 Å². The van der Waals surface area contributed by atoms with Gasteiger partial charge in [-0.1, -0.05) is 42.5 Å². The summed E-state index contributed by atoms with van der Waals surface area (Å²) in [5.41, 5.74) is 2.04. The lowest BCUT2D eigenvalue weighted by molar-refractivity contribution is 0.706. The number of imidazole rings is 1. The first-order chi connectivity index (χ1) is 9.90. The molecule has 0 bridgehead atoms. The molecule has 1 atom stereocenters. The molecule has 2 aromatic heterocycles. The third-order valence-electron chi connectivity index (χ3n) is 3.23. The normalized spacial score (nSPS) is 12.0. The van der Waals surface area contributed by atoms with Crippen LogP contribution in [0.3, 0.4) is 0 Å². The predicted molar refractivity (Wildman–Crippen MR) is 80.2 cm³/mol. The summed E-state index contributed by atoms with van der Waals surface area (Å²) in [6, 6.07) is 16.1. The molecule has 0 aliphatic heterocycles. The van der Waals surface area contributed by atoms with Gasteiger partial charge in [-0.2, -0.15) is 0 Å². The maximum absolute atomic E-state index is 4.43. The maximum atomic E-state index is 4.43. The van der Waals surface area contributed by atoms with Crippen molar-refractivity contribution in [2.24, 2.45) is 0 Å². The molecule has 1 unspecified atom stereocenters. The molecular formula is C17H15N3. The van der Waals surface area contributed by atoms with Crippen molar-refractivity contribution < 1.29 is 0 Å². The summed E-state index contributed by atoms with van der Waals surface area (Å²) in [7, 11) is 0. The van der Waals surface area contributed by atoms with Crippen LogP contribution in [0, 0.1) is 0 Å². The van der Waals surface area contributed by atoms with E-state index in [1.165, 1.54) is 5.56 Å². The van der Waals surface area contributed by atoms with E-state index in [-0.39, 0.29) is 6.04 Å². The molecule has 3 nitrogen and oxygen atoms in total. The Labute approximate surface area is 118 Å². The molecule has 3 aromatic rings. The second kappa shape index (κ2) is 5.53. The van der Waals surface area contributed by atoms with Crippen LogP contribution in [-0.2, 0) is 0 Å². The smallest absolute Gasteiger partial charge is 0.159 e. The van der Waals surface area contributed by atoms with Crippen LogP contribution in [0.1, 0.15) is 11.6 Å². The second-order valence-corrected chi connectivity index (χ2v) is 4.46. The van der Waals surface area contributed by atoms with Gasteiger partial charge in [0.1, 0.15) is 5.69 Å². The lowest BCUT2D eigenvalue weighted by Crippen LogP contribution is -2.09. The SMILES string of the molecule is C=CC(c1ccccc1)n1ccnc1-c1ccccn1. The van der Waals surface area contributed by atoms with Crippen molar-refractivity contribution in [3.8, 4) is 11.5 Å². The van der Waals surface area contributed by atoms with Crippen LogP contribution in [0.5, 0.6) is 0 Å². The topological polar surface area (TPSA) is 30.7 Å². The number of pyridine rings is 1. The van der Waals surface area contributed by atoms with Crippen molar-refractivity contribution in [1.29, 1.82) is 0 Å². The summed E-state index contributed by atoms with van der Waals surface area (Å²) in [6.07, 6.45) is 7.45. The van der Waals surface area contributed by atoms with Crippen molar-refractivity contribution in [2.45, 2.75) is 6.04 Å². The predicted octanol–water partition coefficient (Wildman–Crippen LogP) is 3.72. The van der Waals surface area contributed by atoms with Crippen molar-refractivity contribution in [1.82, 2.24) is 14.5 Å². The molecule has 0 spiro atoms. The van der Waals surface area contributed by atoms with Crippen molar-refractivity contribution in [3.05, 3.63) is 85.3 Å². The van der Waals surface area contributed by atoms with E-state index in [0.29, 0.717) is 0 Å². The van der Waals surface area contributed by atoms with Crippen molar-refractivity contribution in [3.63, 3.8) is 0 Å². The second-order valence-electron chi connectivity index (χ2n) is 4.46. The molecule has 20 heavy (non-hydrogen) atoms. The van der Waals surface area contributed by atoms with Crippen LogP contribution in [0.15, 0.2) is 79.8 Å². The van der Waals surface area contributed by atoms with Crippen LogP contribution >= 0.6 is 0 Å². The molecule has 0 saturated carbocycles. The van der Waals surface area contributed by atoms with Gasteiger partial charge >= 0.3 is 0 Å². The van der Waals surface area contributed by atoms with Gasteiger partial charge in [0.15, 0.2) is 5.82 Å². The Hall–Kier alpha value is -2.68. The molecular weight excluding hydrogens is 246 g/mol. The molecule has 0 aliphatic carbocycles. The van der Waals surface area contributed by atoms with Gasteiger partial charge in [-0.3, -0.25) is 4.98 Å². The van der Waals surface area contributed by atoms with E-state index in [0.717, 1.165) is 11.5 Å². The minimum atomic E-state index is 0.0516. The molecule has 0 N–H and O–H groups in total.